The SMILES string of the molecule is CC[PH+](CC)CC.[Cl][Ag]. The van der Waals surface area contributed by atoms with Gasteiger partial charge < -0.3 is 0 Å². The maximum absolute atomic E-state index is 4.45. The predicted octanol–water partition coefficient (Wildman–Crippen LogP) is 2.95. The first-order valence-electron chi connectivity index (χ1n) is 3.30. The molecule has 0 nitrogen and oxygen atoms in total. The summed E-state index contributed by atoms with van der Waals surface area (Å²) in [6.45, 7) is 6.92. The third-order valence-electron chi connectivity index (χ3n) is 1.50. The van der Waals surface area contributed by atoms with Gasteiger partial charge in [0.1, 0.15) is 0 Å². The van der Waals surface area contributed by atoms with E-state index in [1.54, 1.807) is 0 Å². The van der Waals surface area contributed by atoms with E-state index in [2.05, 4.69) is 49.9 Å². The van der Waals surface area contributed by atoms with Crippen molar-refractivity contribution >= 4 is 17.1 Å². The minimum absolute atomic E-state index is 0.137. The van der Waals surface area contributed by atoms with Crippen LogP contribution in [0, 0.1) is 0 Å². The summed E-state index contributed by atoms with van der Waals surface area (Å²) in [5.74, 6) is 0. The Morgan fingerprint density at radius 1 is 1.00 bits per heavy atom. The summed E-state index contributed by atoms with van der Waals surface area (Å²) < 4.78 is 0. The van der Waals surface area contributed by atoms with E-state index in [1.165, 1.54) is 18.5 Å². The molecular weight excluding hydrogens is 246 g/mol. The van der Waals surface area contributed by atoms with E-state index in [9.17, 15) is 0 Å². The molecule has 3 heteroatoms. The van der Waals surface area contributed by atoms with Gasteiger partial charge in [0.25, 0.3) is 0 Å². The Hall–Kier alpha value is 1.46. The van der Waals surface area contributed by atoms with E-state index >= 15 is 0 Å². The van der Waals surface area contributed by atoms with Gasteiger partial charge in [0.2, 0.25) is 0 Å². The summed E-state index contributed by atoms with van der Waals surface area (Å²) in [5.41, 5.74) is 0. The molecule has 0 amide bonds. The molecule has 0 saturated heterocycles. The van der Waals surface area contributed by atoms with E-state index in [4.69, 9.17) is 0 Å². The third kappa shape index (κ3) is 9.46. The van der Waals surface area contributed by atoms with Crippen molar-refractivity contribution in [2.75, 3.05) is 18.5 Å². The summed E-state index contributed by atoms with van der Waals surface area (Å²) in [5, 5.41) is 0. The van der Waals surface area contributed by atoms with Crippen LogP contribution in [0.15, 0.2) is 0 Å². The fraction of sp³-hybridized carbons (Fsp3) is 1.00. The Labute approximate surface area is 76.2 Å². The number of hydrogen-bond acceptors (Lipinski definition) is 0. The quantitative estimate of drug-likeness (QED) is 0.542. The summed E-state index contributed by atoms with van der Waals surface area (Å²) >= 11 is 2.42. The molecule has 0 aliphatic heterocycles. The number of hydrogen-bond donors (Lipinski definition) is 0. The molecule has 0 aromatic heterocycles. The van der Waals surface area contributed by atoms with E-state index < -0.39 is 0 Å². The zero-order valence-electron chi connectivity index (χ0n) is 6.30. The Bertz CT molecular complexity index is 34.5. The fourth-order valence-electron chi connectivity index (χ4n) is 0.750. The predicted molar refractivity (Wildman–Crippen MR) is 45.8 cm³/mol. The molecule has 0 bridgehead atoms. The molecule has 0 saturated carbocycles. The molecule has 0 unspecified atom stereocenters. The van der Waals surface area contributed by atoms with Crippen molar-refractivity contribution < 1.29 is 20.0 Å². The molecule has 62 valence electrons. The van der Waals surface area contributed by atoms with Crippen LogP contribution in [0.4, 0.5) is 0 Å². The zero-order chi connectivity index (χ0) is 7.70. The van der Waals surface area contributed by atoms with Crippen molar-refractivity contribution in [1.29, 1.82) is 0 Å². The molecule has 0 aromatic carbocycles. The van der Waals surface area contributed by atoms with Gasteiger partial charge in [-0.25, -0.2) is 0 Å². The van der Waals surface area contributed by atoms with Crippen LogP contribution in [-0.4, -0.2) is 18.5 Å². The molecule has 0 fully saturated rings. The first-order valence-corrected chi connectivity index (χ1v) is 7.33. The van der Waals surface area contributed by atoms with Gasteiger partial charge in [-0.3, -0.25) is 0 Å². The van der Waals surface area contributed by atoms with Crippen molar-refractivity contribution in [3.63, 3.8) is 0 Å². The molecule has 0 aliphatic carbocycles. The first-order chi connectivity index (χ1) is 4.35. The Morgan fingerprint density at radius 2 is 1.22 bits per heavy atom. The second kappa shape index (κ2) is 12.2. The van der Waals surface area contributed by atoms with Crippen LogP contribution in [0.2, 0.25) is 0 Å². The zero-order valence-corrected chi connectivity index (χ0v) is 9.54. The van der Waals surface area contributed by atoms with Crippen LogP contribution in [0.3, 0.4) is 0 Å². The van der Waals surface area contributed by atoms with Gasteiger partial charge in [0.15, 0.2) is 0 Å². The average molecular weight is 262 g/mol. The molecular formula is C6H16AgClP+. The Balaban J connectivity index is 0. The molecule has 0 spiro atoms. The van der Waals surface area contributed by atoms with Crippen LogP contribution in [0.25, 0.3) is 0 Å². The third-order valence-corrected chi connectivity index (χ3v) is 4.50. The molecule has 0 aromatic rings. The molecule has 0 radical (unpaired) electrons. The van der Waals surface area contributed by atoms with E-state index in [1.807, 2.05) is 0 Å². The van der Waals surface area contributed by atoms with Crippen molar-refractivity contribution in [3.8, 4) is 0 Å². The van der Waals surface area contributed by atoms with Gasteiger partial charge in [-0.05, 0) is 28.7 Å². The normalized spacial score (nSPS) is 8.78. The van der Waals surface area contributed by atoms with Crippen LogP contribution in [0.1, 0.15) is 20.8 Å². The monoisotopic (exact) mass is 261 g/mol. The van der Waals surface area contributed by atoms with Gasteiger partial charge >= 0.3 is 29.2 Å². The van der Waals surface area contributed by atoms with Crippen molar-refractivity contribution in [3.05, 3.63) is 0 Å². The molecule has 0 aliphatic rings. The van der Waals surface area contributed by atoms with Crippen molar-refractivity contribution in [2.45, 2.75) is 20.8 Å². The Morgan fingerprint density at radius 3 is 1.22 bits per heavy atom. The second-order valence-corrected chi connectivity index (χ2v) is 5.43. The fourth-order valence-corrected chi connectivity index (χ4v) is 2.25. The standard InChI is InChI=1S/C6H15P.Ag.ClH/c1-4-7(5-2)6-3;;/h4-6H2,1-3H3;;1H/q;+1;. The van der Waals surface area contributed by atoms with Crippen LogP contribution in [-0.2, 0) is 20.0 Å². The van der Waals surface area contributed by atoms with Crippen molar-refractivity contribution in [2.24, 2.45) is 0 Å². The van der Waals surface area contributed by atoms with Gasteiger partial charge in [0, 0.05) is 0 Å². The number of halogens is 1. The van der Waals surface area contributed by atoms with Gasteiger partial charge in [-0.2, -0.15) is 0 Å². The summed E-state index contributed by atoms with van der Waals surface area (Å²) in [6.07, 6.45) is 4.37. The van der Waals surface area contributed by atoms with Gasteiger partial charge in [-0.15, -0.1) is 0 Å². The maximum atomic E-state index is 4.45. The van der Waals surface area contributed by atoms with Crippen molar-refractivity contribution in [1.82, 2.24) is 0 Å². The minimum atomic E-state index is 0.137. The topological polar surface area (TPSA) is 0 Å². The number of rotatable bonds is 3. The summed E-state index contributed by atoms with van der Waals surface area (Å²) in [6, 6.07) is 0. The van der Waals surface area contributed by atoms with Gasteiger partial charge in [0.05, 0.1) is 18.5 Å². The first kappa shape index (κ1) is 13.1. The van der Waals surface area contributed by atoms with Crippen LogP contribution in [0.5, 0.6) is 0 Å². The van der Waals surface area contributed by atoms with Crippen LogP contribution >= 0.6 is 17.1 Å². The molecule has 9 heavy (non-hydrogen) atoms. The molecule has 0 rings (SSSR count). The second-order valence-electron chi connectivity index (χ2n) is 1.81. The molecule has 0 atom stereocenters. The van der Waals surface area contributed by atoms with Gasteiger partial charge in [-0.1, -0.05) is 0 Å². The molecule has 0 heterocycles. The Kier molecular flexibility index (Phi) is 17.7. The average Bonchev–Trinajstić information content (AvgIpc) is 1.96. The summed E-state index contributed by atoms with van der Waals surface area (Å²) in [4.78, 5) is 0. The van der Waals surface area contributed by atoms with Crippen LogP contribution < -0.4 is 0 Å². The van der Waals surface area contributed by atoms with E-state index in [0.29, 0.717) is 0 Å². The molecule has 0 N–H and O–H groups in total. The van der Waals surface area contributed by atoms with E-state index in [0.717, 1.165) is 0 Å². The van der Waals surface area contributed by atoms with E-state index in [-0.39, 0.29) is 7.92 Å². The summed E-state index contributed by atoms with van der Waals surface area (Å²) in [7, 11) is 4.59.